The molecule has 16 heavy (non-hydrogen) atoms. The number of halogens is 1. The molecule has 2 aromatic rings. The number of aryl methyl sites for hydroxylation is 1. The number of rotatable bonds is 1. The molecule has 4 nitrogen and oxygen atoms in total. The third-order valence-electron chi connectivity index (χ3n) is 2.34. The van der Waals surface area contributed by atoms with Gasteiger partial charge in [0.05, 0.1) is 11.1 Å². The number of carboxylic acid groups (broad SMARTS) is 1. The van der Waals surface area contributed by atoms with Gasteiger partial charge in [-0.3, -0.25) is 4.79 Å². The summed E-state index contributed by atoms with van der Waals surface area (Å²) in [6, 6.07) is 4.60. The Balaban J connectivity index is 3.01. The van der Waals surface area contributed by atoms with Gasteiger partial charge in [-0.15, -0.1) is 0 Å². The average molecular weight is 282 g/mol. The second-order valence-corrected chi connectivity index (χ2v) is 4.41. The Morgan fingerprint density at radius 2 is 2.06 bits per heavy atom. The quantitative estimate of drug-likeness (QED) is 0.843. The van der Waals surface area contributed by atoms with Crippen LogP contribution in [0, 0.1) is 6.92 Å². The van der Waals surface area contributed by atoms with Crippen molar-refractivity contribution in [1.82, 2.24) is 4.98 Å². The third kappa shape index (κ3) is 1.74. The Kier molecular flexibility index (Phi) is 2.55. The predicted molar refractivity (Wildman–Crippen MR) is 64.0 cm³/mol. The minimum absolute atomic E-state index is 0.0168. The van der Waals surface area contributed by atoms with Crippen LogP contribution >= 0.6 is 15.9 Å². The minimum Gasteiger partial charge on any atom is -0.478 e. The van der Waals surface area contributed by atoms with Crippen LogP contribution < -0.4 is 5.56 Å². The molecule has 0 saturated heterocycles. The van der Waals surface area contributed by atoms with Crippen molar-refractivity contribution in [2.75, 3.05) is 0 Å². The maximum atomic E-state index is 11.3. The zero-order valence-electron chi connectivity index (χ0n) is 8.37. The number of aromatic nitrogens is 1. The van der Waals surface area contributed by atoms with E-state index in [1.807, 2.05) is 13.0 Å². The summed E-state index contributed by atoms with van der Waals surface area (Å²) in [6.45, 7) is 1.81. The lowest BCUT2D eigenvalue weighted by Gasteiger charge is -2.05. The number of aromatic amines is 1. The molecule has 0 saturated carbocycles. The fraction of sp³-hybridized carbons (Fsp3) is 0.0909. The van der Waals surface area contributed by atoms with Crippen molar-refractivity contribution in [3.63, 3.8) is 0 Å². The zero-order chi connectivity index (χ0) is 11.9. The molecule has 0 unspecified atom stereocenters. The van der Waals surface area contributed by atoms with Crippen molar-refractivity contribution in [1.29, 1.82) is 0 Å². The molecule has 0 aliphatic carbocycles. The predicted octanol–water partition coefficient (Wildman–Crippen LogP) is 2.30. The highest BCUT2D eigenvalue weighted by Gasteiger charge is 2.12. The van der Waals surface area contributed by atoms with Crippen molar-refractivity contribution in [3.8, 4) is 0 Å². The van der Waals surface area contributed by atoms with Gasteiger partial charge in [0.2, 0.25) is 5.56 Å². The number of pyridine rings is 1. The summed E-state index contributed by atoms with van der Waals surface area (Å²) >= 11 is 3.30. The van der Waals surface area contributed by atoms with Gasteiger partial charge >= 0.3 is 5.97 Å². The highest BCUT2D eigenvalue weighted by molar-refractivity contribution is 9.10. The molecule has 0 amide bonds. The molecule has 1 aromatic carbocycles. The summed E-state index contributed by atoms with van der Waals surface area (Å²) in [5.41, 5.74) is 0.996. The Morgan fingerprint density at radius 1 is 1.38 bits per heavy atom. The molecule has 1 heterocycles. The van der Waals surface area contributed by atoms with E-state index in [-0.39, 0.29) is 5.56 Å². The molecule has 0 atom stereocenters. The number of nitrogens with one attached hydrogen (secondary N) is 1. The van der Waals surface area contributed by atoms with Crippen LogP contribution in [-0.4, -0.2) is 16.1 Å². The molecule has 0 aliphatic rings. The zero-order valence-corrected chi connectivity index (χ0v) is 9.96. The number of hydrogen-bond acceptors (Lipinski definition) is 2. The topological polar surface area (TPSA) is 70.2 Å². The summed E-state index contributed by atoms with van der Waals surface area (Å²) < 4.78 is 0.784. The fourth-order valence-electron chi connectivity index (χ4n) is 1.67. The summed E-state index contributed by atoms with van der Waals surface area (Å²) in [5.74, 6) is -1.10. The number of aromatic carboxylic acids is 1. The maximum Gasteiger partial charge on any atom is 0.336 e. The van der Waals surface area contributed by atoms with Crippen molar-refractivity contribution in [3.05, 3.63) is 44.2 Å². The number of carboxylic acids is 1. The Bertz CT molecular complexity index is 645. The summed E-state index contributed by atoms with van der Waals surface area (Å²) in [4.78, 5) is 25.0. The van der Waals surface area contributed by atoms with E-state index in [1.54, 1.807) is 6.07 Å². The number of hydrogen-bond donors (Lipinski definition) is 2. The molecule has 2 N–H and O–H groups in total. The van der Waals surface area contributed by atoms with Gasteiger partial charge in [0.15, 0.2) is 0 Å². The van der Waals surface area contributed by atoms with Crippen molar-refractivity contribution in [2.24, 2.45) is 0 Å². The van der Waals surface area contributed by atoms with E-state index in [1.165, 1.54) is 0 Å². The smallest absolute Gasteiger partial charge is 0.336 e. The van der Waals surface area contributed by atoms with Gasteiger partial charge in [-0.1, -0.05) is 15.9 Å². The second kappa shape index (κ2) is 3.75. The van der Waals surface area contributed by atoms with E-state index < -0.39 is 11.5 Å². The first-order valence-electron chi connectivity index (χ1n) is 4.55. The van der Waals surface area contributed by atoms with Gasteiger partial charge in [-0.2, -0.15) is 0 Å². The van der Waals surface area contributed by atoms with Crippen LogP contribution in [0.4, 0.5) is 0 Å². The van der Waals surface area contributed by atoms with Crippen molar-refractivity contribution < 1.29 is 9.90 Å². The fourth-order valence-corrected chi connectivity index (χ4v) is 2.24. The second-order valence-electron chi connectivity index (χ2n) is 3.50. The largest absolute Gasteiger partial charge is 0.478 e. The number of benzene rings is 1. The first-order valence-corrected chi connectivity index (χ1v) is 5.35. The van der Waals surface area contributed by atoms with E-state index in [9.17, 15) is 9.59 Å². The lowest BCUT2D eigenvalue weighted by Crippen LogP contribution is -2.10. The summed E-state index contributed by atoms with van der Waals surface area (Å²) in [6.07, 6.45) is 0. The Morgan fingerprint density at radius 3 is 2.69 bits per heavy atom. The van der Waals surface area contributed by atoms with Crippen molar-refractivity contribution in [2.45, 2.75) is 6.92 Å². The van der Waals surface area contributed by atoms with E-state index in [2.05, 4.69) is 20.9 Å². The summed E-state index contributed by atoms with van der Waals surface area (Å²) in [5, 5.41) is 9.55. The molecule has 1 aromatic heterocycles. The lowest BCUT2D eigenvalue weighted by molar-refractivity contribution is 0.0699. The van der Waals surface area contributed by atoms with Gasteiger partial charge in [-0.05, 0) is 24.6 Å². The van der Waals surface area contributed by atoms with Gasteiger partial charge in [-0.25, -0.2) is 4.79 Å². The van der Waals surface area contributed by atoms with Crippen molar-refractivity contribution >= 4 is 32.8 Å². The van der Waals surface area contributed by atoms with Crippen LogP contribution in [0.1, 0.15) is 15.9 Å². The number of carbonyl (C=O) groups is 1. The molecule has 5 heteroatoms. The van der Waals surface area contributed by atoms with E-state index in [0.29, 0.717) is 10.9 Å². The molecule has 0 spiro atoms. The van der Waals surface area contributed by atoms with E-state index in [0.717, 1.165) is 16.1 Å². The third-order valence-corrected chi connectivity index (χ3v) is 2.80. The standard InChI is InChI=1S/C11H8BrNO3/c1-5-2-6(12)3-7-8(11(15)16)4-9(14)13-10(5)7/h2-4H,1H3,(H,13,14)(H,15,16). The van der Waals surface area contributed by atoms with E-state index in [4.69, 9.17) is 5.11 Å². The molecular formula is C11H8BrNO3. The van der Waals surface area contributed by atoms with Crippen LogP contribution in [0.5, 0.6) is 0 Å². The average Bonchev–Trinajstić information content (AvgIpc) is 2.18. The number of fused-ring (bicyclic) bond motifs is 1. The SMILES string of the molecule is Cc1cc(Br)cc2c(C(=O)O)cc(=O)[nH]c12. The van der Waals surface area contributed by atoms with Gasteiger partial charge < -0.3 is 10.1 Å². The van der Waals surface area contributed by atoms with Gasteiger partial charge in [0.25, 0.3) is 0 Å². The monoisotopic (exact) mass is 281 g/mol. The van der Waals surface area contributed by atoms with Crippen LogP contribution in [0.25, 0.3) is 10.9 Å². The van der Waals surface area contributed by atoms with Gasteiger partial charge in [0.1, 0.15) is 0 Å². The molecule has 82 valence electrons. The highest BCUT2D eigenvalue weighted by atomic mass is 79.9. The molecule has 0 fully saturated rings. The maximum absolute atomic E-state index is 11.3. The van der Waals surface area contributed by atoms with E-state index >= 15 is 0 Å². The molecule has 0 bridgehead atoms. The Hall–Kier alpha value is -1.62. The molecule has 0 aliphatic heterocycles. The van der Waals surface area contributed by atoms with Crippen LogP contribution in [0.3, 0.4) is 0 Å². The number of H-pyrrole nitrogens is 1. The van der Waals surface area contributed by atoms with Crippen LogP contribution in [0.15, 0.2) is 27.5 Å². The first-order chi connectivity index (χ1) is 7.49. The molecule has 2 rings (SSSR count). The lowest BCUT2D eigenvalue weighted by atomic mass is 10.1. The minimum atomic E-state index is -1.10. The van der Waals surface area contributed by atoms with Crippen LogP contribution in [0.2, 0.25) is 0 Å². The highest BCUT2D eigenvalue weighted by Crippen LogP contribution is 2.23. The van der Waals surface area contributed by atoms with Gasteiger partial charge in [0, 0.05) is 15.9 Å². The summed E-state index contributed by atoms with van der Waals surface area (Å²) in [7, 11) is 0. The van der Waals surface area contributed by atoms with Crippen LogP contribution in [-0.2, 0) is 0 Å². The molecule has 0 radical (unpaired) electrons. The first kappa shape index (κ1) is 10.9. The normalized spacial score (nSPS) is 10.6. The Labute approximate surface area is 99.0 Å². The molecular weight excluding hydrogens is 274 g/mol.